The lowest BCUT2D eigenvalue weighted by atomic mass is 10.1. The van der Waals surface area contributed by atoms with E-state index in [1.807, 2.05) is 25.6 Å². The summed E-state index contributed by atoms with van der Waals surface area (Å²) >= 11 is 0. The van der Waals surface area contributed by atoms with Crippen LogP contribution in [-0.4, -0.2) is 37.0 Å². The van der Waals surface area contributed by atoms with E-state index in [9.17, 15) is 4.79 Å². The summed E-state index contributed by atoms with van der Waals surface area (Å²) in [6.07, 6.45) is 2.72. The lowest BCUT2D eigenvalue weighted by Gasteiger charge is -2.17. The molecule has 0 radical (unpaired) electrons. The van der Waals surface area contributed by atoms with Gasteiger partial charge in [0, 0.05) is 25.8 Å². The highest BCUT2D eigenvalue weighted by Gasteiger charge is 2.21. The van der Waals surface area contributed by atoms with Crippen molar-refractivity contribution in [2.24, 2.45) is 7.05 Å². The van der Waals surface area contributed by atoms with E-state index in [0.717, 1.165) is 42.1 Å². The molecule has 124 valence electrons. The first kappa shape index (κ1) is 14.7. The number of pyridine rings is 1. The van der Waals surface area contributed by atoms with Gasteiger partial charge in [0.1, 0.15) is 11.5 Å². The van der Waals surface area contributed by atoms with Crippen LogP contribution < -0.4 is 10.6 Å². The Morgan fingerprint density at radius 2 is 2.21 bits per heavy atom. The van der Waals surface area contributed by atoms with E-state index in [4.69, 9.17) is 0 Å². The molecule has 3 aromatic heterocycles. The summed E-state index contributed by atoms with van der Waals surface area (Å²) in [6, 6.07) is 1.80. The van der Waals surface area contributed by atoms with Gasteiger partial charge in [-0.2, -0.15) is 10.2 Å². The summed E-state index contributed by atoms with van der Waals surface area (Å²) < 4.78 is 3.58. The van der Waals surface area contributed by atoms with Crippen LogP contribution in [0.15, 0.2) is 12.3 Å². The molecule has 8 nitrogen and oxygen atoms in total. The standard InChI is InChI=1S/C16H19N7O/c1-9-7-11(13-10(2)21-22(3)15(13)19-9)16(24)20-12-8-18-23-6-4-5-17-14(12)23/h7-8,17H,4-6H2,1-3H3,(H,20,24). The summed E-state index contributed by atoms with van der Waals surface area (Å²) in [5.41, 5.74) is 3.57. The first-order chi connectivity index (χ1) is 11.5. The number of anilines is 2. The van der Waals surface area contributed by atoms with Gasteiger partial charge in [-0.3, -0.25) is 9.48 Å². The molecule has 1 amide bonds. The zero-order valence-electron chi connectivity index (χ0n) is 13.9. The first-order valence-electron chi connectivity index (χ1n) is 7.96. The molecule has 0 unspecified atom stereocenters. The fourth-order valence-corrected chi connectivity index (χ4v) is 3.21. The van der Waals surface area contributed by atoms with Gasteiger partial charge in [0.05, 0.1) is 22.8 Å². The van der Waals surface area contributed by atoms with Gasteiger partial charge in [-0.1, -0.05) is 0 Å². The Kier molecular flexibility index (Phi) is 3.26. The number of hydrogen-bond acceptors (Lipinski definition) is 5. The molecule has 0 bridgehead atoms. The SMILES string of the molecule is Cc1cc(C(=O)Nc2cnn3c2NCCC3)c2c(C)nn(C)c2n1. The Morgan fingerprint density at radius 3 is 3.04 bits per heavy atom. The molecule has 0 saturated carbocycles. The third-order valence-electron chi connectivity index (χ3n) is 4.27. The Morgan fingerprint density at radius 1 is 1.38 bits per heavy atom. The van der Waals surface area contributed by atoms with Gasteiger partial charge in [-0.15, -0.1) is 0 Å². The Bertz CT molecular complexity index is 953. The van der Waals surface area contributed by atoms with Crippen LogP contribution in [-0.2, 0) is 13.6 Å². The highest BCUT2D eigenvalue weighted by Crippen LogP contribution is 2.27. The summed E-state index contributed by atoms with van der Waals surface area (Å²) in [5.74, 6) is 0.685. The molecular formula is C16H19N7O. The molecule has 24 heavy (non-hydrogen) atoms. The molecule has 4 rings (SSSR count). The Hall–Kier alpha value is -2.90. The molecule has 2 N–H and O–H groups in total. The smallest absolute Gasteiger partial charge is 0.256 e. The van der Waals surface area contributed by atoms with Crippen molar-refractivity contribution in [1.82, 2.24) is 24.5 Å². The van der Waals surface area contributed by atoms with E-state index < -0.39 is 0 Å². The van der Waals surface area contributed by atoms with Crippen molar-refractivity contribution in [2.45, 2.75) is 26.8 Å². The molecule has 1 aliphatic rings. The Balaban J connectivity index is 1.75. The predicted molar refractivity (Wildman–Crippen MR) is 91.3 cm³/mol. The topological polar surface area (TPSA) is 89.7 Å². The quantitative estimate of drug-likeness (QED) is 0.750. The lowest BCUT2D eigenvalue weighted by molar-refractivity contribution is 0.102. The van der Waals surface area contributed by atoms with E-state index in [1.54, 1.807) is 16.9 Å². The number of fused-ring (bicyclic) bond motifs is 2. The number of aryl methyl sites for hydroxylation is 4. The summed E-state index contributed by atoms with van der Waals surface area (Å²) in [7, 11) is 1.83. The number of rotatable bonds is 2. The number of carbonyl (C=O) groups is 1. The number of amides is 1. The molecule has 8 heteroatoms. The molecule has 0 spiro atoms. The summed E-state index contributed by atoms with van der Waals surface area (Å²) in [4.78, 5) is 17.4. The van der Waals surface area contributed by atoms with Gasteiger partial charge in [0.25, 0.3) is 5.91 Å². The third kappa shape index (κ3) is 2.22. The van der Waals surface area contributed by atoms with Gasteiger partial charge in [-0.05, 0) is 26.3 Å². The van der Waals surface area contributed by atoms with Crippen LogP contribution in [0.1, 0.15) is 28.2 Å². The van der Waals surface area contributed by atoms with Crippen LogP contribution in [0.2, 0.25) is 0 Å². The number of nitrogens with zero attached hydrogens (tertiary/aromatic N) is 5. The second kappa shape index (κ2) is 5.33. The minimum absolute atomic E-state index is 0.176. The number of carbonyl (C=O) groups excluding carboxylic acids is 1. The van der Waals surface area contributed by atoms with E-state index in [1.165, 1.54) is 0 Å². The molecule has 0 atom stereocenters. The monoisotopic (exact) mass is 325 g/mol. The van der Waals surface area contributed by atoms with Gasteiger partial charge >= 0.3 is 0 Å². The van der Waals surface area contributed by atoms with Crippen LogP contribution in [0.3, 0.4) is 0 Å². The van der Waals surface area contributed by atoms with Gasteiger partial charge < -0.3 is 10.6 Å². The minimum atomic E-state index is -0.176. The van der Waals surface area contributed by atoms with Gasteiger partial charge in [0.15, 0.2) is 5.65 Å². The number of nitrogens with one attached hydrogen (secondary N) is 2. The lowest BCUT2D eigenvalue weighted by Crippen LogP contribution is -2.20. The predicted octanol–water partition coefficient (Wildman–Crippen LogP) is 1.85. The summed E-state index contributed by atoms with van der Waals surface area (Å²) in [6.45, 7) is 5.51. The average Bonchev–Trinajstić information content (AvgIpc) is 3.08. The number of hydrogen-bond donors (Lipinski definition) is 2. The van der Waals surface area contributed by atoms with Crippen LogP contribution >= 0.6 is 0 Å². The van der Waals surface area contributed by atoms with Gasteiger partial charge in [-0.25, -0.2) is 9.67 Å². The van der Waals surface area contributed by atoms with Crippen LogP contribution in [0.4, 0.5) is 11.5 Å². The first-order valence-corrected chi connectivity index (χ1v) is 7.96. The van der Waals surface area contributed by atoms with Gasteiger partial charge in [0.2, 0.25) is 0 Å². The number of aromatic nitrogens is 5. The van der Waals surface area contributed by atoms with Crippen LogP contribution in [0.25, 0.3) is 11.0 Å². The van der Waals surface area contributed by atoms with Crippen molar-refractivity contribution < 1.29 is 4.79 Å². The van der Waals surface area contributed by atoms with Crippen molar-refractivity contribution >= 4 is 28.4 Å². The van der Waals surface area contributed by atoms with Crippen molar-refractivity contribution in [3.05, 3.63) is 29.2 Å². The molecule has 3 aromatic rings. The van der Waals surface area contributed by atoms with E-state index in [2.05, 4.69) is 25.8 Å². The highest BCUT2D eigenvalue weighted by atomic mass is 16.1. The fourth-order valence-electron chi connectivity index (χ4n) is 3.21. The van der Waals surface area contributed by atoms with Crippen molar-refractivity contribution in [2.75, 3.05) is 17.2 Å². The zero-order chi connectivity index (χ0) is 16.8. The normalized spacial score (nSPS) is 13.6. The molecule has 0 aliphatic carbocycles. The average molecular weight is 325 g/mol. The molecular weight excluding hydrogens is 306 g/mol. The fraction of sp³-hybridized carbons (Fsp3) is 0.375. The maximum atomic E-state index is 12.9. The molecule has 0 aromatic carbocycles. The van der Waals surface area contributed by atoms with Crippen molar-refractivity contribution in [1.29, 1.82) is 0 Å². The van der Waals surface area contributed by atoms with Crippen LogP contribution in [0, 0.1) is 13.8 Å². The maximum Gasteiger partial charge on any atom is 0.256 e. The molecule has 0 saturated heterocycles. The van der Waals surface area contributed by atoms with E-state index in [-0.39, 0.29) is 5.91 Å². The van der Waals surface area contributed by atoms with E-state index >= 15 is 0 Å². The Labute approximate surface area is 138 Å². The molecule has 4 heterocycles. The van der Waals surface area contributed by atoms with E-state index in [0.29, 0.717) is 16.9 Å². The zero-order valence-corrected chi connectivity index (χ0v) is 13.9. The second-order valence-electron chi connectivity index (χ2n) is 6.08. The highest BCUT2D eigenvalue weighted by molar-refractivity contribution is 6.13. The summed E-state index contributed by atoms with van der Waals surface area (Å²) in [5, 5.41) is 15.8. The van der Waals surface area contributed by atoms with Crippen LogP contribution in [0.5, 0.6) is 0 Å². The van der Waals surface area contributed by atoms with Crippen molar-refractivity contribution in [3.63, 3.8) is 0 Å². The minimum Gasteiger partial charge on any atom is -0.368 e. The maximum absolute atomic E-state index is 12.9. The second-order valence-corrected chi connectivity index (χ2v) is 6.08. The largest absolute Gasteiger partial charge is 0.368 e. The molecule has 0 fully saturated rings. The third-order valence-corrected chi connectivity index (χ3v) is 4.27. The van der Waals surface area contributed by atoms with Crippen molar-refractivity contribution in [3.8, 4) is 0 Å². The molecule has 1 aliphatic heterocycles.